The summed E-state index contributed by atoms with van der Waals surface area (Å²) >= 11 is 0. The van der Waals surface area contributed by atoms with Crippen molar-refractivity contribution in [2.24, 2.45) is 5.92 Å². The predicted octanol–water partition coefficient (Wildman–Crippen LogP) is 8.21. The van der Waals surface area contributed by atoms with Crippen molar-refractivity contribution in [3.63, 3.8) is 0 Å². The van der Waals surface area contributed by atoms with Crippen LogP contribution in [0.1, 0.15) is 88.0 Å². The molecule has 1 unspecified atom stereocenters. The van der Waals surface area contributed by atoms with E-state index in [1.54, 1.807) is 12.3 Å². The van der Waals surface area contributed by atoms with Crippen LogP contribution >= 0.6 is 0 Å². The Balaban J connectivity index is 0.000000268. The number of carbonyl (C=O) groups excluding carboxylic acids is 1. The summed E-state index contributed by atoms with van der Waals surface area (Å²) in [6.07, 6.45) is 10.1. The van der Waals surface area contributed by atoms with Gasteiger partial charge in [0, 0.05) is 36.7 Å². The first-order chi connectivity index (χ1) is 20.7. The maximum atomic E-state index is 11.1. The van der Waals surface area contributed by atoms with Crippen molar-refractivity contribution < 1.29 is 19.7 Å². The Labute approximate surface area is 259 Å². The average Bonchev–Trinajstić information content (AvgIpc) is 3.28. The Bertz CT molecular complexity index is 1240. The number of hydrogen-bond donors (Lipinski definition) is 2. The molecule has 2 aromatic carbocycles. The molecule has 7 nitrogen and oxygen atoms in total. The van der Waals surface area contributed by atoms with E-state index in [9.17, 15) is 4.79 Å². The van der Waals surface area contributed by atoms with Gasteiger partial charge >= 0.3 is 0 Å². The van der Waals surface area contributed by atoms with Crippen LogP contribution in [0.25, 0.3) is 10.9 Å². The first-order valence-corrected chi connectivity index (χ1v) is 16.1. The number of amides is 1. The van der Waals surface area contributed by atoms with Gasteiger partial charge in [-0.3, -0.25) is 14.7 Å². The molecule has 1 fully saturated rings. The highest BCUT2D eigenvalue weighted by Crippen LogP contribution is 2.32. The van der Waals surface area contributed by atoms with E-state index in [4.69, 9.17) is 9.99 Å². The van der Waals surface area contributed by atoms with Crippen molar-refractivity contribution >= 4 is 16.8 Å². The van der Waals surface area contributed by atoms with Crippen LogP contribution in [-0.2, 0) is 4.79 Å². The van der Waals surface area contributed by atoms with Crippen LogP contribution in [0.2, 0.25) is 0 Å². The molecule has 0 radical (unpaired) electrons. The molecule has 0 saturated carbocycles. The number of rotatable bonds is 10. The summed E-state index contributed by atoms with van der Waals surface area (Å²) in [6.45, 7) is 19.1. The monoisotopic (exact) mass is 593 g/mol. The van der Waals surface area contributed by atoms with E-state index >= 15 is 0 Å². The van der Waals surface area contributed by atoms with Crippen LogP contribution in [-0.4, -0.2) is 53.8 Å². The highest BCUT2D eigenvalue weighted by Gasteiger charge is 2.13. The van der Waals surface area contributed by atoms with Crippen LogP contribution < -0.4 is 14.9 Å². The quantitative estimate of drug-likeness (QED) is 0.140. The molecule has 2 heterocycles. The number of aromatic nitrogens is 1. The maximum absolute atomic E-state index is 11.1. The predicted molar refractivity (Wildman–Crippen MR) is 178 cm³/mol. The van der Waals surface area contributed by atoms with E-state index in [1.807, 2.05) is 32.9 Å². The number of benzene rings is 2. The Hall–Kier alpha value is -3.16. The summed E-state index contributed by atoms with van der Waals surface area (Å²) < 4.78 is 5.85. The van der Waals surface area contributed by atoms with E-state index in [-0.39, 0.29) is 11.8 Å². The molecule has 0 spiro atoms. The van der Waals surface area contributed by atoms with Gasteiger partial charge in [0.1, 0.15) is 6.61 Å². The molecule has 1 atom stereocenters. The van der Waals surface area contributed by atoms with Crippen molar-refractivity contribution in [3.05, 3.63) is 64.8 Å². The highest BCUT2D eigenvalue weighted by molar-refractivity contribution is 5.85. The normalized spacial score (nSPS) is 14.0. The van der Waals surface area contributed by atoms with Crippen molar-refractivity contribution in [1.29, 1.82) is 0 Å². The molecule has 1 aliphatic heterocycles. The van der Waals surface area contributed by atoms with Gasteiger partial charge in [0.25, 0.3) is 0 Å². The summed E-state index contributed by atoms with van der Waals surface area (Å²) in [5.41, 5.74) is 6.04. The summed E-state index contributed by atoms with van der Waals surface area (Å²) in [7, 11) is 0. The van der Waals surface area contributed by atoms with E-state index in [1.165, 1.54) is 42.4 Å². The van der Waals surface area contributed by atoms with Crippen molar-refractivity contribution in [1.82, 2.24) is 15.2 Å². The fourth-order valence-corrected chi connectivity index (χ4v) is 4.76. The number of likely N-dealkylation sites (tertiary alicyclic amines) is 1. The highest BCUT2D eigenvalue weighted by atomic mass is 17.1. The second kappa shape index (κ2) is 19.9. The van der Waals surface area contributed by atoms with E-state index < -0.39 is 0 Å². The Morgan fingerprint density at radius 2 is 1.67 bits per heavy atom. The third-order valence-corrected chi connectivity index (χ3v) is 8.04. The van der Waals surface area contributed by atoms with E-state index in [2.05, 4.69) is 66.0 Å². The Kier molecular flexibility index (Phi) is 16.7. The zero-order chi connectivity index (χ0) is 31.6. The number of nitrogens with zero attached hydrogens (tertiary/aromatic N) is 2. The van der Waals surface area contributed by atoms with Gasteiger partial charge in [-0.15, -0.1) is 0 Å². The molecule has 2 N–H and O–H groups in total. The van der Waals surface area contributed by atoms with Gasteiger partial charge in [0.15, 0.2) is 5.75 Å². The lowest BCUT2D eigenvalue weighted by molar-refractivity contribution is -0.139. The summed E-state index contributed by atoms with van der Waals surface area (Å²) in [5.74, 6) is 1.24. The van der Waals surface area contributed by atoms with Crippen LogP contribution in [0.4, 0.5) is 0 Å². The van der Waals surface area contributed by atoms with Gasteiger partial charge in [-0.2, -0.15) is 0 Å². The molecule has 1 aromatic heterocycles. The summed E-state index contributed by atoms with van der Waals surface area (Å²) in [4.78, 5) is 22.4. The third-order valence-electron chi connectivity index (χ3n) is 8.04. The fraction of sp³-hybridized carbons (Fsp3) is 0.556. The number of carbonyl (C=O) groups is 1. The van der Waals surface area contributed by atoms with Crippen LogP contribution in [0, 0.1) is 33.6 Å². The second-order valence-electron chi connectivity index (χ2n) is 11.7. The van der Waals surface area contributed by atoms with Crippen molar-refractivity contribution in [2.45, 2.75) is 93.4 Å². The molecular weight excluding hydrogens is 538 g/mol. The number of unbranched alkanes of at least 4 members (excludes halogenated alkanes) is 1. The maximum Gasteiger partial charge on any atom is 0.222 e. The van der Waals surface area contributed by atoms with Crippen molar-refractivity contribution in [3.8, 4) is 11.5 Å². The molecule has 1 saturated heterocycles. The van der Waals surface area contributed by atoms with Gasteiger partial charge in [0.05, 0.1) is 5.52 Å². The number of ether oxygens (including phenoxy) is 1. The van der Waals surface area contributed by atoms with E-state index in [0.29, 0.717) is 18.1 Å². The zero-order valence-electron chi connectivity index (χ0n) is 27.7. The fourth-order valence-electron chi connectivity index (χ4n) is 4.76. The smallest absolute Gasteiger partial charge is 0.222 e. The minimum atomic E-state index is 0.173. The van der Waals surface area contributed by atoms with Gasteiger partial charge in [-0.25, -0.2) is 5.26 Å². The Morgan fingerprint density at radius 3 is 2.28 bits per heavy atom. The topological polar surface area (TPSA) is 83.9 Å². The number of fused-ring (bicyclic) bond motifs is 1. The molecule has 0 aliphatic carbocycles. The molecule has 238 valence electrons. The second-order valence-corrected chi connectivity index (χ2v) is 11.7. The number of pyridine rings is 1. The van der Waals surface area contributed by atoms with Gasteiger partial charge in [0.2, 0.25) is 11.7 Å². The number of aryl methyl sites for hydroxylation is 4. The first kappa shape index (κ1) is 36.0. The largest absolute Gasteiger partial charge is 0.488 e. The minimum Gasteiger partial charge on any atom is -0.488 e. The molecule has 1 amide bonds. The molecule has 43 heavy (non-hydrogen) atoms. The Morgan fingerprint density at radius 1 is 0.953 bits per heavy atom. The lowest BCUT2D eigenvalue weighted by atomic mass is 10.1. The molecule has 3 aromatic rings. The summed E-state index contributed by atoms with van der Waals surface area (Å²) in [6, 6.07) is 12.0. The zero-order valence-corrected chi connectivity index (χ0v) is 27.7. The molecule has 0 bridgehead atoms. The lowest BCUT2D eigenvalue weighted by Crippen LogP contribution is -2.29. The number of nitrogens with one attached hydrogen (secondary N) is 1. The van der Waals surface area contributed by atoms with Crippen LogP contribution in [0.15, 0.2) is 42.6 Å². The standard InChI is InChI=1S/C18H24N2O3.C9H19NO.C9H12/c1-14-6-7-19-16-13-17(18(23-21)12-15(14)16)22-11-10-20-8-4-2-3-5-9-20;1-4-6-7-10-9(11)8(3)5-2;1-7-4-5-8(2)9(3)6-7/h6-7,12-13,21H,2-5,8-11H2,1H3;8H,4-7H2,1-3H3,(H,10,11);4-6H,1-3H3. The average molecular weight is 594 g/mol. The van der Waals surface area contributed by atoms with Crippen molar-refractivity contribution in [2.75, 3.05) is 32.8 Å². The van der Waals surface area contributed by atoms with Crippen LogP contribution in [0.3, 0.4) is 0 Å². The summed E-state index contributed by atoms with van der Waals surface area (Å²) in [5, 5.41) is 13.0. The first-order valence-electron chi connectivity index (χ1n) is 16.1. The molecule has 1 aliphatic rings. The lowest BCUT2D eigenvalue weighted by Gasteiger charge is -2.20. The minimum absolute atomic E-state index is 0.173. The van der Waals surface area contributed by atoms with Gasteiger partial charge in [-0.1, -0.05) is 63.8 Å². The van der Waals surface area contributed by atoms with E-state index in [0.717, 1.165) is 61.9 Å². The van der Waals surface area contributed by atoms with Gasteiger partial charge < -0.3 is 14.9 Å². The SMILES string of the molecule is CCCCNC(=O)C(C)CC.Cc1ccc(C)c(C)c1.Cc1ccnc2cc(OCCN3CCCCCC3)c(OO)cc12. The molecule has 4 rings (SSSR count). The number of hydrogen-bond acceptors (Lipinski definition) is 6. The molecular formula is C36H55N3O4. The van der Waals surface area contributed by atoms with Crippen LogP contribution in [0.5, 0.6) is 11.5 Å². The van der Waals surface area contributed by atoms with Gasteiger partial charge in [-0.05, 0) is 95.3 Å². The third kappa shape index (κ3) is 12.9. The molecule has 7 heteroatoms.